The van der Waals surface area contributed by atoms with Crippen LogP contribution >= 0.6 is 11.3 Å². The van der Waals surface area contributed by atoms with Crippen molar-refractivity contribution >= 4 is 28.1 Å². The molecule has 2 aromatic carbocycles. The number of nitrogens with one attached hydrogen (secondary N) is 1. The van der Waals surface area contributed by atoms with E-state index in [0.29, 0.717) is 22.9 Å². The number of aromatic nitrogens is 1. The van der Waals surface area contributed by atoms with Gasteiger partial charge < -0.3 is 4.42 Å². The van der Waals surface area contributed by atoms with E-state index in [1.54, 1.807) is 18.2 Å². The molecule has 0 aliphatic rings. The number of rotatable bonds is 6. The van der Waals surface area contributed by atoms with Crippen molar-refractivity contribution in [1.29, 1.82) is 0 Å². The first-order valence-corrected chi connectivity index (χ1v) is 9.61. The average Bonchev–Trinajstić information content (AvgIpc) is 3.39. The maximum absolute atomic E-state index is 12.5. The summed E-state index contributed by atoms with van der Waals surface area (Å²) in [5.41, 5.74) is 2.49. The van der Waals surface area contributed by atoms with E-state index in [1.165, 1.54) is 29.5 Å². The first-order chi connectivity index (χ1) is 14.1. The number of carbonyl (C=O) groups excluding carboxylic acids is 1. The van der Waals surface area contributed by atoms with Gasteiger partial charge in [-0.2, -0.15) is 0 Å². The Kier molecular flexibility index (Phi) is 5.17. The Balaban J connectivity index is 1.45. The predicted molar refractivity (Wildman–Crippen MR) is 110 cm³/mol. The van der Waals surface area contributed by atoms with Crippen molar-refractivity contribution in [1.82, 2.24) is 4.98 Å². The largest absolute Gasteiger partial charge is 0.451 e. The highest BCUT2D eigenvalue weighted by molar-refractivity contribution is 7.14. The highest BCUT2D eigenvalue weighted by atomic mass is 32.1. The molecular weight excluding hydrogens is 390 g/mol. The Bertz CT molecular complexity index is 1170. The number of thiazole rings is 1. The Morgan fingerprint density at radius 3 is 2.72 bits per heavy atom. The second kappa shape index (κ2) is 8.07. The number of carbonyl (C=O) groups is 1. The zero-order valence-electron chi connectivity index (χ0n) is 15.1. The van der Waals surface area contributed by atoms with Gasteiger partial charge in [-0.15, -0.1) is 11.3 Å². The summed E-state index contributed by atoms with van der Waals surface area (Å²) in [4.78, 5) is 27.3. The Morgan fingerprint density at radius 2 is 1.93 bits per heavy atom. The van der Waals surface area contributed by atoms with Crippen LogP contribution in [0.5, 0.6) is 0 Å². The Morgan fingerprint density at radius 1 is 1.10 bits per heavy atom. The van der Waals surface area contributed by atoms with Gasteiger partial charge in [0.2, 0.25) is 0 Å². The fourth-order valence-electron chi connectivity index (χ4n) is 2.80. The third-order valence-corrected chi connectivity index (χ3v) is 4.98. The highest BCUT2D eigenvalue weighted by Gasteiger charge is 2.16. The fraction of sp³-hybridized carbons (Fsp3) is 0.0476. The van der Waals surface area contributed by atoms with Gasteiger partial charge in [0.1, 0.15) is 5.76 Å². The second-order valence-electron chi connectivity index (χ2n) is 6.23. The Hall–Kier alpha value is -3.78. The standard InChI is InChI=1S/C21H15N3O4S/c25-20(23-21-22-16(13-29-21)11-14-5-2-1-3-6-14)19-10-9-18(28-19)15-7-4-8-17(12-15)24(26)27/h1-10,12-13H,11H2,(H,22,23,25). The highest BCUT2D eigenvalue weighted by Crippen LogP contribution is 2.26. The van der Waals surface area contributed by atoms with Crippen LogP contribution in [0.4, 0.5) is 10.8 Å². The summed E-state index contributed by atoms with van der Waals surface area (Å²) in [5.74, 6) is 0.0522. The number of hydrogen-bond donors (Lipinski definition) is 1. The lowest BCUT2D eigenvalue weighted by atomic mass is 10.1. The zero-order valence-corrected chi connectivity index (χ0v) is 15.9. The number of benzene rings is 2. The van der Waals surface area contributed by atoms with E-state index in [2.05, 4.69) is 10.3 Å². The maximum atomic E-state index is 12.5. The molecule has 0 aliphatic carbocycles. The van der Waals surface area contributed by atoms with Crippen LogP contribution < -0.4 is 5.32 Å². The van der Waals surface area contributed by atoms with Gasteiger partial charge >= 0.3 is 0 Å². The van der Waals surface area contributed by atoms with E-state index in [-0.39, 0.29) is 11.4 Å². The molecule has 4 rings (SSSR count). The monoisotopic (exact) mass is 405 g/mol. The first-order valence-electron chi connectivity index (χ1n) is 8.73. The molecule has 1 amide bonds. The molecule has 1 N–H and O–H groups in total. The van der Waals surface area contributed by atoms with Crippen molar-refractivity contribution in [2.75, 3.05) is 5.32 Å². The molecule has 0 unspecified atom stereocenters. The maximum Gasteiger partial charge on any atom is 0.293 e. The molecule has 2 heterocycles. The molecule has 2 aromatic heterocycles. The van der Waals surface area contributed by atoms with Gasteiger partial charge in [0.15, 0.2) is 10.9 Å². The van der Waals surface area contributed by atoms with Crippen LogP contribution in [-0.2, 0) is 6.42 Å². The third-order valence-electron chi connectivity index (χ3n) is 4.17. The van der Waals surface area contributed by atoms with Crippen molar-refractivity contribution in [2.24, 2.45) is 0 Å². The van der Waals surface area contributed by atoms with E-state index >= 15 is 0 Å². The summed E-state index contributed by atoms with van der Waals surface area (Å²) in [6.45, 7) is 0. The summed E-state index contributed by atoms with van der Waals surface area (Å²) in [6.07, 6.45) is 0.685. The van der Waals surface area contributed by atoms with Crippen LogP contribution in [-0.4, -0.2) is 15.8 Å². The SMILES string of the molecule is O=C(Nc1nc(Cc2ccccc2)cs1)c1ccc(-c2cccc([N+](=O)[O-])c2)o1. The molecule has 0 spiro atoms. The minimum Gasteiger partial charge on any atom is -0.451 e. The van der Waals surface area contributed by atoms with Crippen LogP contribution in [0.1, 0.15) is 21.8 Å². The predicted octanol–water partition coefficient (Wildman–Crippen LogP) is 5.15. The minimum atomic E-state index is -0.477. The van der Waals surface area contributed by atoms with Crippen LogP contribution in [0.25, 0.3) is 11.3 Å². The quantitative estimate of drug-likeness (QED) is 0.353. The van der Waals surface area contributed by atoms with E-state index in [1.807, 2.05) is 35.7 Å². The second-order valence-corrected chi connectivity index (χ2v) is 7.09. The van der Waals surface area contributed by atoms with E-state index < -0.39 is 10.8 Å². The number of amides is 1. The van der Waals surface area contributed by atoms with Gasteiger partial charge in [0.05, 0.1) is 10.6 Å². The molecule has 0 aliphatic heterocycles. The van der Waals surface area contributed by atoms with E-state index in [4.69, 9.17) is 4.42 Å². The zero-order chi connectivity index (χ0) is 20.2. The molecule has 144 valence electrons. The van der Waals surface area contributed by atoms with E-state index in [9.17, 15) is 14.9 Å². The average molecular weight is 405 g/mol. The number of non-ortho nitro benzene ring substituents is 1. The van der Waals surface area contributed by atoms with Gasteiger partial charge in [-0.05, 0) is 17.7 Å². The lowest BCUT2D eigenvalue weighted by molar-refractivity contribution is -0.384. The lowest BCUT2D eigenvalue weighted by Gasteiger charge is -2.00. The first kappa shape index (κ1) is 18.6. The van der Waals surface area contributed by atoms with Crippen LogP contribution in [0, 0.1) is 10.1 Å². The van der Waals surface area contributed by atoms with Crippen LogP contribution in [0.3, 0.4) is 0 Å². The van der Waals surface area contributed by atoms with Gasteiger partial charge in [-0.25, -0.2) is 4.98 Å². The van der Waals surface area contributed by atoms with E-state index in [0.717, 1.165) is 11.3 Å². The minimum absolute atomic E-state index is 0.0429. The molecule has 0 radical (unpaired) electrons. The number of nitro groups is 1. The molecule has 0 bridgehead atoms. The molecule has 0 fully saturated rings. The summed E-state index contributed by atoms with van der Waals surface area (Å²) in [5, 5.41) is 16.0. The number of nitro benzene ring substituents is 1. The molecule has 0 saturated heterocycles. The van der Waals surface area contributed by atoms with Gasteiger partial charge in [0.25, 0.3) is 11.6 Å². The number of anilines is 1. The summed E-state index contributed by atoms with van der Waals surface area (Å²) in [7, 11) is 0. The van der Waals surface area contributed by atoms with Crippen molar-refractivity contribution < 1.29 is 14.1 Å². The van der Waals surface area contributed by atoms with Gasteiger partial charge in [0, 0.05) is 29.5 Å². The van der Waals surface area contributed by atoms with Crippen LogP contribution in [0.2, 0.25) is 0 Å². The Labute approximate surface area is 169 Å². The van der Waals surface area contributed by atoms with Crippen molar-refractivity contribution in [3.8, 4) is 11.3 Å². The summed E-state index contributed by atoms with van der Waals surface area (Å²) < 4.78 is 5.58. The molecular formula is C21H15N3O4S. The molecule has 0 saturated carbocycles. The number of furan rings is 1. The van der Waals surface area contributed by atoms with Crippen molar-refractivity contribution in [3.63, 3.8) is 0 Å². The smallest absolute Gasteiger partial charge is 0.293 e. The third kappa shape index (κ3) is 4.39. The lowest BCUT2D eigenvalue weighted by Crippen LogP contribution is -2.10. The summed E-state index contributed by atoms with van der Waals surface area (Å²) in [6, 6.07) is 19.1. The fourth-order valence-corrected chi connectivity index (χ4v) is 3.50. The molecule has 8 heteroatoms. The molecule has 4 aromatic rings. The molecule has 0 atom stereocenters. The normalized spacial score (nSPS) is 10.6. The van der Waals surface area contributed by atoms with Gasteiger partial charge in [-0.1, -0.05) is 42.5 Å². The van der Waals surface area contributed by atoms with Crippen molar-refractivity contribution in [3.05, 3.63) is 99.2 Å². The van der Waals surface area contributed by atoms with Crippen molar-refractivity contribution in [2.45, 2.75) is 6.42 Å². The topological polar surface area (TPSA) is 98.3 Å². The molecule has 29 heavy (non-hydrogen) atoms. The number of hydrogen-bond acceptors (Lipinski definition) is 6. The van der Waals surface area contributed by atoms with Gasteiger partial charge in [-0.3, -0.25) is 20.2 Å². The number of nitrogens with zero attached hydrogens (tertiary/aromatic N) is 2. The molecule has 7 nitrogen and oxygen atoms in total. The summed E-state index contributed by atoms with van der Waals surface area (Å²) >= 11 is 1.34. The van der Waals surface area contributed by atoms with Crippen LogP contribution in [0.15, 0.2) is 76.5 Å².